The standard InChI is InChI=1S/C18H23BrN4O/c1-14-12-15(2)23(20-14)11-8-21-6-9-22(10-7-21)18(24)16-4-3-5-17(19)13-16/h3-5,12-13H,6-11H2,1-2H3. The third-order valence-corrected chi connectivity index (χ3v) is 4.96. The largest absolute Gasteiger partial charge is 0.336 e. The molecule has 0 saturated carbocycles. The van der Waals surface area contributed by atoms with Crippen molar-refractivity contribution in [3.05, 3.63) is 51.8 Å². The van der Waals surface area contributed by atoms with E-state index in [9.17, 15) is 4.79 Å². The Kier molecular flexibility index (Phi) is 5.36. The number of nitrogens with zero attached hydrogens (tertiary/aromatic N) is 4. The summed E-state index contributed by atoms with van der Waals surface area (Å²) in [5, 5.41) is 4.51. The molecule has 0 unspecified atom stereocenters. The monoisotopic (exact) mass is 390 g/mol. The van der Waals surface area contributed by atoms with Gasteiger partial charge in [-0.05, 0) is 38.1 Å². The Balaban J connectivity index is 1.50. The molecule has 0 radical (unpaired) electrons. The highest BCUT2D eigenvalue weighted by Crippen LogP contribution is 2.15. The molecule has 1 aromatic carbocycles. The smallest absolute Gasteiger partial charge is 0.253 e. The van der Waals surface area contributed by atoms with Crippen molar-refractivity contribution < 1.29 is 4.79 Å². The first kappa shape index (κ1) is 17.2. The van der Waals surface area contributed by atoms with Crippen LogP contribution in [-0.2, 0) is 6.54 Å². The van der Waals surface area contributed by atoms with Crippen molar-refractivity contribution in [2.45, 2.75) is 20.4 Å². The Morgan fingerprint density at radius 3 is 2.50 bits per heavy atom. The summed E-state index contributed by atoms with van der Waals surface area (Å²) < 4.78 is 3.01. The van der Waals surface area contributed by atoms with Crippen molar-refractivity contribution in [3.8, 4) is 0 Å². The number of rotatable bonds is 4. The summed E-state index contributed by atoms with van der Waals surface area (Å²) in [5.41, 5.74) is 3.02. The molecule has 1 saturated heterocycles. The van der Waals surface area contributed by atoms with Crippen LogP contribution in [0.15, 0.2) is 34.8 Å². The predicted molar refractivity (Wildman–Crippen MR) is 98.2 cm³/mol. The van der Waals surface area contributed by atoms with Crippen LogP contribution in [0.3, 0.4) is 0 Å². The summed E-state index contributed by atoms with van der Waals surface area (Å²) in [6.45, 7) is 9.38. The lowest BCUT2D eigenvalue weighted by Crippen LogP contribution is -2.49. The highest BCUT2D eigenvalue weighted by Gasteiger charge is 2.22. The van der Waals surface area contributed by atoms with Crippen LogP contribution in [-0.4, -0.2) is 58.2 Å². The fraction of sp³-hybridized carbons (Fsp3) is 0.444. The van der Waals surface area contributed by atoms with Gasteiger partial charge in [-0.3, -0.25) is 14.4 Å². The molecule has 1 fully saturated rings. The highest BCUT2D eigenvalue weighted by molar-refractivity contribution is 9.10. The quantitative estimate of drug-likeness (QED) is 0.805. The second-order valence-electron chi connectivity index (χ2n) is 6.29. The molecule has 2 aromatic rings. The number of carbonyl (C=O) groups excluding carboxylic acids is 1. The van der Waals surface area contributed by atoms with E-state index >= 15 is 0 Å². The molecule has 1 amide bonds. The van der Waals surface area contributed by atoms with Gasteiger partial charge in [-0.15, -0.1) is 0 Å². The Hall–Kier alpha value is -1.66. The second kappa shape index (κ2) is 7.49. The summed E-state index contributed by atoms with van der Waals surface area (Å²) in [4.78, 5) is 16.9. The molecule has 1 aliphatic rings. The molecular formula is C18H23BrN4O. The minimum atomic E-state index is 0.120. The molecule has 0 N–H and O–H groups in total. The van der Waals surface area contributed by atoms with Gasteiger partial charge < -0.3 is 4.90 Å². The maximum absolute atomic E-state index is 12.6. The van der Waals surface area contributed by atoms with Crippen LogP contribution in [0.1, 0.15) is 21.7 Å². The fourth-order valence-electron chi connectivity index (χ4n) is 3.12. The normalized spacial score (nSPS) is 15.7. The maximum Gasteiger partial charge on any atom is 0.253 e. The van der Waals surface area contributed by atoms with Gasteiger partial charge in [-0.25, -0.2) is 0 Å². The van der Waals surface area contributed by atoms with E-state index in [-0.39, 0.29) is 5.91 Å². The van der Waals surface area contributed by atoms with Gasteiger partial charge in [-0.2, -0.15) is 5.10 Å². The molecule has 128 valence electrons. The lowest BCUT2D eigenvalue weighted by atomic mass is 10.2. The summed E-state index contributed by atoms with van der Waals surface area (Å²) in [5.74, 6) is 0.120. The minimum Gasteiger partial charge on any atom is -0.336 e. The van der Waals surface area contributed by atoms with Gasteiger partial charge in [-0.1, -0.05) is 22.0 Å². The average Bonchev–Trinajstić information content (AvgIpc) is 2.90. The number of benzene rings is 1. The van der Waals surface area contributed by atoms with Gasteiger partial charge in [0.1, 0.15) is 0 Å². The molecule has 24 heavy (non-hydrogen) atoms. The van der Waals surface area contributed by atoms with Crippen LogP contribution >= 0.6 is 15.9 Å². The first-order chi connectivity index (χ1) is 11.5. The zero-order valence-electron chi connectivity index (χ0n) is 14.2. The lowest BCUT2D eigenvalue weighted by Gasteiger charge is -2.34. The minimum absolute atomic E-state index is 0.120. The van der Waals surface area contributed by atoms with Crippen molar-refractivity contribution in [1.29, 1.82) is 0 Å². The number of halogens is 1. The Morgan fingerprint density at radius 2 is 1.88 bits per heavy atom. The van der Waals surface area contributed by atoms with Gasteiger partial charge >= 0.3 is 0 Å². The Bertz CT molecular complexity index is 720. The van der Waals surface area contributed by atoms with Crippen molar-refractivity contribution in [2.75, 3.05) is 32.7 Å². The van der Waals surface area contributed by atoms with E-state index in [1.807, 2.05) is 36.1 Å². The van der Waals surface area contributed by atoms with Crippen molar-refractivity contribution in [1.82, 2.24) is 19.6 Å². The van der Waals surface area contributed by atoms with Crippen molar-refractivity contribution >= 4 is 21.8 Å². The number of hydrogen-bond acceptors (Lipinski definition) is 3. The molecule has 2 heterocycles. The molecule has 1 aliphatic heterocycles. The van der Waals surface area contributed by atoms with Crippen LogP contribution in [0.2, 0.25) is 0 Å². The van der Waals surface area contributed by atoms with Crippen LogP contribution in [0.5, 0.6) is 0 Å². The number of aromatic nitrogens is 2. The number of amides is 1. The third-order valence-electron chi connectivity index (χ3n) is 4.46. The van der Waals surface area contributed by atoms with E-state index in [0.717, 1.165) is 55.0 Å². The van der Waals surface area contributed by atoms with E-state index in [1.54, 1.807) is 0 Å². The van der Waals surface area contributed by atoms with Gasteiger partial charge in [0.2, 0.25) is 0 Å². The van der Waals surface area contributed by atoms with Crippen molar-refractivity contribution in [3.63, 3.8) is 0 Å². The first-order valence-corrected chi connectivity index (χ1v) is 9.10. The lowest BCUT2D eigenvalue weighted by molar-refractivity contribution is 0.0631. The molecular weight excluding hydrogens is 368 g/mol. The van der Waals surface area contributed by atoms with Crippen LogP contribution < -0.4 is 0 Å². The van der Waals surface area contributed by atoms with Gasteiger partial charge in [0.25, 0.3) is 5.91 Å². The Morgan fingerprint density at radius 1 is 1.12 bits per heavy atom. The number of carbonyl (C=O) groups is 1. The summed E-state index contributed by atoms with van der Waals surface area (Å²) in [7, 11) is 0. The summed E-state index contributed by atoms with van der Waals surface area (Å²) in [6.07, 6.45) is 0. The number of piperazine rings is 1. The second-order valence-corrected chi connectivity index (χ2v) is 7.21. The Labute approximate surface area is 151 Å². The molecule has 0 atom stereocenters. The van der Waals surface area contributed by atoms with E-state index in [4.69, 9.17) is 0 Å². The van der Waals surface area contributed by atoms with Gasteiger partial charge in [0, 0.05) is 48.5 Å². The molecule has 3 rings (SSSR count). The highest BCUT2D eigenvalue weighted by atomic mass is 79.9. The zero-order chi connectivity index (χ0) is 17.1. The third kappa shape index (κ3) is 4.05. The van der Waals surface area contributed by atoms with Gasteiger partial charge in [0.15, 0.2) is 0 Å². The molecule has 0 spiro atoms. The summed E-state index contributed by atoms with van der Waals surface area (Å²) in [6, 6.07) is 9.71. The van der Waals surface area contributed by atoms with Gasteiger partial charge in [0.05, 0.1) is 12.2 Å². The molecule has 0 aliphatic carbocycles. The first-order valence-electron chi connectivity index (χ1n) is 8.31. The molecule has 0 bridgehead atoms. The van der Waals surface area contributed by atoms with Crippen LogP contribution in [0, 0.1) is 13.8 Å². The molecule has 5 nitrogen and oxygen atoms in total. The SMILES string of the molecule is Cc1cc(C)n(CCN2CCN(C(=O)c3cccc(Br)c3)CC2)n1. The number of hydrogen-bond donors (Lipinski definition) is 0. The van der Waals surface area contributed by atoms with Crippen molar-refractivity contribution in [2.24, 2.45) is 0 Å². The van der Waals surface area contributed by atoms with E-state index in [0.29, 0.717) is 0 Å². The van der Waals surface area contributed by atoms with Crippen LogP contribution in [0.25, 0.3) is 0 Å². The topological polar surface area (TPSA) is 41.4 Å². The van der Waals surface area contributed by atoms with E-state index in [1.165, 1.54) is 5.69 Å². The average molecular weight is 391 g/mol. The molecule has 6 heteroatoms. The number of aryl methyl sites for hydroxylation is 2. The summed E-state index contributed by atoms with van der Waals surface area (Å²) >= 11 is 3.43. The predicted octanol–water partition coefficient (Wildman–Crippen LogP) is 2.72. The maximum atomic E-state index is 12.6. The van der Waals surface area contributed by atoms with E-state index < -0.39 is 0 Å². The fourth-order valence-corrected chi connectivity index (χ4v) is 3.52. The van der Waals surface area contributed by atoms with E-state index in [2.05, 4.69) is 43.6 Å². The molecule has 1 aromatic heterocycles. The van der Waals surface area contributed by atoms with Crippen LogP contribution in [0.4, 0.5) is 0 Å². The zero-order valence-corrected chi connectivity index (χ0v) is 15.8.